The van der Waals surface area contributed by atoms with Crippen molar-refractivity contribution in [3.05, 3.63) is 24.3 Å². The molecule has 0 saturated heterocycles. The molecule has 0 radical (unpaired) electrons. The molecule has 1 rings (SSSR count). The summed E-state index contributed by atoms with van der Waals surface area (Å²) >= 11 is 0. The van der Waals surface area contributed by atoms with Gasteiger partial charge in [0.2, 0.25) is 10.0 Å². The molecule has 0 aromatic heterocycles. The predicted octanol–water partition coefficient (Wildman–Crippen LogP) is 1.07. The number of hydrogen-bond acceptors (Lipinski definition) is 6. The van der Waals surface area contributed by atoms with E-state index in [0.29, 0.717) is 25.3 Å². The maximum absolute atomic E-state index is 12.6. The Morgan fingerprint density at radius 2 is 1.84 bits per heavy atom. The number of hydrogen-bond donors (Lipinski definition) is 4. The lowest BCUT2D eigenvalue weighted by atomic mass is 10.1. The maximum Gasteiger partial charge on any atom is 0.317 e. The Kier molecular flexibility index (Phi) is 11.4. The van der Waals surface area contributed by atoms with Crippen LogP contribution in [0.4, 0.5) is 4.79 Å². The average molecular weight is 455 g/mol. The minimum atomic E-state index is -4.03. The third-order valence-electron chi connectivity index (χ3n) is 4.34. The fraction of sp³-hybridized carbons (Fsp3) is 0.500. The maximum atomic E-state index is 12.6. The van der Waals surface area contributed by atoms with Gasteiger partial charge in [-0.2, -0.15) is 4.72 Å². The Morgan fingerprint density at radius 1 is 1.19 bits per heavy atom. The van der Waals surface area contributed by atoms with Crippen LogP contribution < -0.4 is 20.3 Å². The quantitative estimate of drug-likeness (QED) is 0.161. The molecule has 0 aliphatic heterocycles. The summed E-state index contributed by atoms with van der Waals surface area (Å²) in [7, 11) is -4.03. The van der Waals surface area contributed by atoms with Crippen molar-refractivity contribution in [2.45, 2.75) is 44.6 Å². The van der Waals surface area contributed by atoms with Crippen LogP contribution >= 0.6 is 0 Å². The van der Waals surface area contributed by atoms with Crippen molar-refractivity contribution in [1.29, 1.82) is 0 Å². The second-order valence-corrected chi connectivity index (χ2v) is 8.10. The molecule has 0 fully saturated rings. The Labute approximate surface area is 183 Å². The van der Waals surface area contributed by atoms with Crippen molar-refractivity contribution in [2.75, 3.05) is 26.2 Å². The fourth-order valence-electron chi connectivity index (χ4n) is 2.61. The van der Waals surface area contributed by atoms with Gasteiger partial charge in [-0.3, -0.25) is 10.0 Å². The van der Waals surface area contributed by atoms with Gasteiger partial charge in [0.05, 0.1) is 4.90 Å². The molecule has 0 bridgehead atoms. The lowest BCUT2D eigenvalue weighted by molar-refractivity contribution is -0.131. The molecule has 0 aliphatic rings. The van der Waals surface area contributed by atoms with Crippen molar-refractivity contribution in [2.24, 2.45) is 0 Å². The number of ether oxygens (including phenoxy) is 1. The van der Waals surface area contributed by atoms with Gasteiger partial charge in [-0.15, -0.1) is 5.92 Å². The van der Waals surface area contributed by atoms with Gasteiger partial charge in [-0.25, -0.2) is 18.7 Å². The Bertz CT molecular complexity index is 873. The number of benzene rings is 1. The first-order valence-corrected chi connectivity index (χ1v) is 11.4. The highest BCUT2D eigenvalue weighted by atomic mass is 32.2. The van der Waals surface area contributed by atoms with E-state index in [-0.39, 0.29) is 30.5 Å². The van der Waals surface area contributed by atoms with Crippen molar-refractivity contribution in [3.63, 3.8) is 0 Å². The lowest BCUT2D eigenvalue weighted by Crippen LogP contribution is -2.46. The number of rotatable bonds is 12. The number of carbonyl (C=O) groups is 2. The molecule has 1 atom stereocenters. The number of carbonyl (C=O) groups excluding carboxylic acids is 2. The molecule has 4 N–H and O–H groups in total. The topological polar surface area (TPSA) is 137 Å². The number of nitrogens with one attached hydrogen (secondary N) is 3. The highest BCUT2D eigenvalue weighted by Crippen LogP contribution is 2.16. The van der Waals surface area contributed by atoms with E-state index >= 15 is 0 Å². The van der Waals surface area contributed by atoms with Gasteiger partial charge in [0.15, 0.2) is 0 Å². The Balaban J connectivity index is 2.71. The monoisotopic (exact) mass is 454 g/mol. The van der Waals surface area contributed by atoms with E-state index in [9.17, 15) is 18.0 Å². The first-order chi connectivity index (χ1) is 14.8. The fourth-order valence-corrected chi connectivity index (χ4v) is 3.84. The van der Waals surface area contributed by atoms with Crippen LogP contribution in [-0.2, 0) is 14.8 Å². The molecule has 10 nitrogen and oxygen atoms in total. The van der Waals surface area contributed by atoms with Crippen LogP contribution in [0.25, 0.3) is 0 Å². The molecule has 1 aromatic carbocycles. The number of sulfonamides is 1. The van der Waals surface area contributed by atoms with E-state index in [4.69, 9.17) is 9.94 Å². The first kappa shape index (κ1) is 26.2. The number of hydroxylamine groups is 1. The van der Waals surface area contributed by atoms with Crippen LogP contribution in [-0.4, -0.2) is 62.7 Å². The molecule has 11 heteroatoms. The van der Waals surface area contributed by atoms with Crippen LogP contribution in [0.5, 0.6) is 5.75 Å². The zero-order valence-electron chi connectivity index (χ0n) is 18.0. The molecule has 0 saturated carbocycles. The Morgan fingerprint density at radius 3 is 2.39 bits per heavy atom. The van der Waals surface area contributed by atoms with E-state index in [1.165, 1.54) is 29.7 Å². The van der Waals surface area contributed by atoms with Gasteiger partial charge in [0.1, 0.15) is 18.4 Å². The summed E-state index contributed by atoms with van der Waals surface area (Å²) in [6.07, 6.45) is 0.389. The zero-order valence-corrected chi connectivity index (χ0v) is 18.8. The SMILES string of the molecule is CC#CCOc1ccc(S(=O)(=O)N[C@H](CCCNC(=O)N(CC)CC)C(=O)NO)cc1. The number of nitrogens with zero attached hydrogens (tertiary/aromatic N) is 1. The number of amides is 3. The van der Waals surface area contributed by atoms with Gasteiger partial charge >= 0.3 is 6.03 Å². The van der Waals surface area contributed by atoms with Gasteiger partial charge in [0.25, 0.3) is 5.91 Å². The molecule has 1 aromatic rings. The third kappa shape index (κ3) is 8.84. The van der Waals surface area contributed by atoms with Gasteiger partial charge in [0, 0.05) is 19.6 Å². The Hall–Kier alpha value is -2.81. The minimum Gasteiger partial charge on any atom is -0.481 e. The molecule has 3 amide bonds. The summed E-state index contributed by atoms with van der Waals surface area (Å²) in [5, 5.41) is 11.7. The summed E-state index contributed by atoms with van der Waals surface area (Å²) in [5.74, 6) is 4.98. The summed E-state index contributed by atoms with van der Waals surface area (Å²) in [4.78, 5) is 25.4. The van der Waals surface area contributed by atoms with Crippen LogP contribution in [0.15, 0.2) is 29.2 Å². The minimum absolute atomic E-state index is 0.0630. The summed E-state index contributed by atoms with van der Waals surface area (Å²) in [6, 6.07) is 4.20. The average Bonchev–Trinajstić information content (AvgIpc) is 2.76. The summed E-state index contributed by atoms with van der Waals surface area (Å²) < 4.78 is 32.9. The molecule has 31 heavy (non-hydrogen) atoms. The molecule has 172 valence electrons. The second-order valence-electron chi connectivity index (χ2n) is 6.38. The highest BCUT2D eigenvalue weighted by Gasteiger charge is 2.25. The van der Waals surface area contributed by atoms with E-state index in [1.807, 2.05) is 13.8 Å². The largest absolute Gasteiger partial charge is 0.481 e. The summed E-state index contributed by atoms with van der Waals surface area (Å²) in [6.45, 7) is 6.96. The van der Waals surface area contributed by atoms with Crippen molar-refractivity contribution < 1.29 is 28.0 Å². The normalized spacial score (nSPS) is 11.6. The lowest BCUT2D eigenvalue weighted by Gasteiger charge is -2.20. The first-order valence-electron chi connectivity index (χ1n) is 9.90. The van der Waals surface area contributed by atoms with Crippen molar-refractivity contribution >= 4 is 22.0 Å². The van der Waals surface area contributed by atoms with Crippen LogP contribution in [0.1, 0.15) is 33.6 Å². The molecule has 0 unspecified atom stereocenters. The van der Waals surface area contributed by atoms with Gasteiger partial charge in [-0.1, -0.05) is 5.92 Å². The molecular formula is C20H30N4O6S. The molecule has 0 heterocycles. The van der Waals surface area contributed by atoms with Gasteiger partial charge < -0.3 is 15.0 Å². The van der Waals surface area contributed by atoms with Crippen LogP contribution in [0, 0.1) is 11.8 Å². The van der Waals surface area contributed by atoms with E-state index in [0.717, 1.165) is 0 Å². The standard InChI is InChI=1S/C20H30N4O6S/c1-4-7-15-30-16-10-12-17(13-11-16)31(28,29)23-18(19(25)22-27)9-8-14-21-20(26)24(5-2)6-3/h10-13,18,23,27H,5-6,8-9,14-15H2,1-3H3,(H,21,26)(H,22,25)/t18-/m1/s1. The second kappa shape index (κ2) is 13.5. The van der Waals surface area contributed by atoms with Crippen LogP contribution in [0.3, 0.4) is 0 Å². The molecule has 0 spiro atoms. The zero-order chi connectivity index (χ0) is 23.3. The molecular weight excluding hydrogens is 424 g/mol. The van der Waals surface area contributed by atoms with Crippen molar-refractivity contribution in [1.82, 2.24) is 20.4 Å². The van der Waals surface area contributed by atoms with Gasteiger partial charge in [-0.05, 0) is 57.9 Å². The van der Waals surface area contributed by atoms with E-state index in [1.54, 1.807) is 11.8 Å². The van der Waals surface area contributed by atoms with E-state index in [2.05, 4.69) is 21.9 Å². The molecule has 0 aliphatic carbocycles. The highest BCUT2D eigenvalue weighted by molar-refractivity contribution is 7.89. The number of urea groups is 1. The summed E-state index contributed by atoms with van der Waals surface area (Å²) in [5.41, 5.74) is 1.47. The predicted molar refractivity (Wildman–Crippen MR) is 115 cm³/mol. The third-order valence-corrected chi connectivity index (χ3v) is 5.83. The smallest absolute Gasteiger partial charge is 0.317 e. The van der Waals surface area contributed by atoms with Crippen molar-refractivity contribution in [3.8, 4) is 17.6 Å². The van der Waals surface area contributed by atoms with E-state index < -0.39 is 22.0 Å². The van der Waals surface area contributed by atoms with Crippen LogP contribution in [0.2, 0.25) is 0 Å².